The van der Waals surface area contributed by atoms with Crippen LogP contribution < -0.4 is 5.32 Å². The van der Waals surface area contributed by atoms with E-state index in [1.165, 1.54) is 5.56 Å². The second-order valence-electron chi connectivity index (χ2n) is 4.70. The van der Waals surface area contributed by atoms with Gasteiger partial charge in [-0.1, -0.05) is 20.8 Å². The maximum absolute atomic E-state index is 5.99. The molecule has 108 valence electrons. The van der Waals surface area contributed by atoms with Crippen LogP contribution in [-0.2, 0) is 16.8 Å². The Morgan fingerprint density at radius 3 is 2.16 bits per heavy atom. The molecule has 0 unspecified atom stereocenters. The molecule has 0 saturated heterocycles. The van der Waals surface area contributed by atoms with E-state index in [0.29, 0.717) is 6.61 Å². The first-order valence-electron chi connectivity index (χ1n) is 7.28. The molecule has 0 aliphatic carbocycles. The van der Waals surface area contributed by atoms with Crippen molar-refractivity contribution in [1.29, 1.82) is 0 Å². The molecule has 19 heavy (non-hydrogen) atoms. The van der Waals surface area contributed by atoms with Gasteiger partial charge in [0.15, 0.2) is 5.82 Å². The summed E-state index contributed by atoms with van der Waals surface area (Å²) < 4.78 is 5.99. The first kappa shape index (κ1) is 15.9. The third kappa shape index (κ3) is 3.06. The Labute approximate surface area is 117 Å². The van der Waals surface area contributed by atoms with Crippen molar-refractivity contribution in [3.05, 3.63) is 17.1 Å². The van der Waals surface area contributed by atoms with Crippen LogP contribution in [0.15, 0.2) is 0 Å². The zero-order valence-corrected chi connectivity index (χ0v) is 13.1. The summed E-state index contributed by atoms with van der Waals surface area (Å²) in [5.41, 5.74) is 1.86. The Bertz CT molecular complexity index is 414. The fraction of sp³-hybridized carbons (Fsp3) is 0.733. The van der Waals surface area contributed by atoms with E-state index >= 15 is 0 Å². The summed E-state index contributed by atoms with van der Waals surface area (Å²) in [7, 11) is 1.91. The highest BCUT2D eigenvalue weighted by molar-refractivity contribution is 5.46. The minimum absolute atomic E-state index is 0.364. The molecule has 0 aromatic carbocycles. The summed E-state index contributed by atoms with van der Waals surface area (Å²) in [5, 5.41) is 3.18. The van der Waals surface area contributed by atoms with E-state index in [1.807, 2.05) is 20.9 Å². The lowest BCUT2D eigenvalue weighted by molar-refractivity contribution is -0.0571. The molecular formula is C15H27N3O. The Kier molecular flexibility index (Phi) is 5.73. The van der Waals surface area contributed by atoms with Crippen LogP contribution in [0.1, 0.15) is 57.6 Å². The normalized spacial score (nSPS) is 11.7. The molecule has 0 aliphatic heterocycles. The number of hydrogen-bond acceptors (Lipinski definition) is 4. The number of rotatable bonds is 7. The predicted octanol–water partition coefficient (Wildman–Crippen LogP) is 3.44. The van der Waals surface area contributed by atoms with Gasteiger partial charge in [-0.25, -0.2) is 9.97 Å². The van der Waals surface area contributed by atoms with Crippen LogP contribution in [0.5, 0.6) is 0 Å². The molecule has 0 amide bonds. The number of aryl methyl sites for hydroxylation is 1. The molecular weight excluding hydrogens is 238 g/mol. The highest BCUT2D eigenvalue weighted by Gasteiger charge is 2.33. The van der Waals surface area contributed by atoms with E-state index in [2.05, 4.69) is 26.1 Å². The van der Waals surface area contributed by atoms with Gasteiger partial charge in [-0.15, -0.1) is 0 Å². The van der Waals surface area contributed by atoms with Crippen molar-refractivity contribution >= 4 is 5.82 Å². The number of nitrogens with one attached hydrogen (secondary N) is 1. The van der Waals surface area contributed by atoms with Gasteiger partial charge in [0, 0.05) is 24.9 Å². The number of aromatic nitrogens is 2. The Balaban J connectivity index is 3.36. The van der Waals surface area contributed by atoms with Gasteiger partial charge in [-0.05, 0) is 33.1 Å². The molecule has 4 nitrogen and oxygen atoms in total. The summed E-state index contributed by atoms with van der Waals surface area (Å²) in [5.74, 6) is 1.73. The summed E-state index contributed by atoms with van der Waals surface area (Å²) in [6.45, 7) is 11.1. The molecule has 0 radical (unpaired) electrons. The molecule has 0 saturated carbocycles. The lowest BCUT2D eigenvalue weighted by Gasteiger charge is -2.30. The third-order valence-corrected chi connectivity index (χ3v) is 3.77. The molecule has 1 aromatic heterocycles. The topological polar surface area (TPSA) is 47.0 Å². The van der Waals surface area contributed by atoms with Crippen molar-refractivity contribution < 1.29 is 4.74 Å². The van der Waals surface area contributed by atoms with E-state index < -0.39 is 0 Å². The lowest BCUT2D eigenvalue weighted by Crippen LogP contribution is -2.31. The van der Waals surface area contributed by atoms with Crippen LogP contribution in [0.4, 0.5) is 5.82 Å². The minimum atomic E-state index is -0.364. The quantitative estimate of drug-likeness (QED) is 0.820. The molecule has 0 fully saturated rings. The molecule has 1 rings (SSSR count). The SMILES string of the molecule is CCOC(CC)(CC)c1nc(C)c(CC)c(NC)n1. The van der Waals surface area contributed by atoms with Crippen molar-refractivity contribution in [2.75, 3.05) is 19.0 Å². The Hall–Kier alpha value is -1.16. The summed E-state index contributed by atoms with van der Waals surface area (Å²) >= 11 is 0. The van der Waals surface area contributed by atoms with Crippen LogP contribution in [0.25, 0.3) is 0 Å². The second-order valence-corrected chi connectivity index (χ2v) is 4.70. The van der Waals surface area contributed by atoms with Crippen molar-refractivity contribution in [3.63, 3.8) is 0 Å². The second kappa shape index (κ2) is 6.85. The summed E-state index contributed by atoms with van der Waals surface area (Å²) in [4.78, 5) is 9.42. The largest absolute Gasteiger partial charge is 0.373 e. The third-order valence-electron chi connectivity index (χ3n) is 3.77. The van der Waals surface area contributed by atoms with Crippen molar-refractivity contribution in [2.45, 2.75) is 59.5 Å². The summed E-state index contributed by atoms with van der Waals surface area (Å²) in [6, 6.07) is 0. The number of hydrogen-bond donors (Lipinski definition) is 1. The standard InChI is InChI=1S/C15H27N3O/c1-7-12-11(5)17-14(18-13(12)16-6)15(8-2,9-3)19-10-4/h7-10H2,1-6H3,(H,16,17,18). The molecule has 0 atom stereocenters. The molecule has 1 N–H and O–H groups in total. The zero-order valence-electron chi connectivity index (χ0n) is 13.1. The first-order valence-corrected chi connectivity index (χ1v) is 7.28. The minimum Gasteiger partial charge on any atom is -0.373 e. The van der Waals surface area contributed by atoms with E-state index in [4.69, 9.17) is 14.7 Å². The van der Waals surface area contributed by atoms with Gasteiger partial charge in [0.25, 0.3) is 0 Å². The molecule has 0 bridgehead atoms. The van der Waals surface area contributed by atoms with E-state index in [9.17, 15) is 0 Å². The summed E-state index contributed by atoms with van der Waals surface area (Å²) in [6.07, 6.45) is 2.69. The van der Waals surface area contributed by atoms with Crippen molar-refractivity contribution in [3.8, 4) is 0 Å². The lowest BCUT2D eigenvalue weighted by atomic mass is 9.95. The maximum atomic E-state index is 5.99. The van der Waals surface area contributed by atoms with Gasteiger partial charge in [-0.2, -0.15) is 0 Å². The van der Waals surface area contributed by atoms with Crippen LogP contribution in [0.3, 0.4) is 0 Å². The molecule has 4 heteroatoms. The van der Waals surface area contributed by atoms with Crippen LogP contribution in [0.2, 0.25) is 0 Å². The van der Waals surface area contributed by atoms with Gasteiger partial charge in [-0.3, -0.25) is 0 Å². The maximum Gasteiger partial charge on any atom is 0.162 e. The molecule has 1 aromatic rings. The number of ether oxygens (including phenoxy) is 1. The smallest absolute Gasteiger partial charge is 0.162 e. The Morgan fingerprint density at radius 1 is 1.11 bits per heavy atom. The van der Waals surface area contributed by atoms with E-state index in [0.717, 1.165) is 36.6 Å². The van der Waals surface area contributed by atoms with Gasteiger partial charge < -0.3 is 10.1 Å². The average Bonchev–Trinajstić information content (AvgIpc) is 2.43. The van der Waals surface area contributed by atoms with Gasteiger partial charge in [0.05, 0.1) is 0 Å². The Morgan fingerprint density at radius 2 is 1.74 bits per heavy atom. The van der Waals surface area contributed by atoms with Gasteiger partial charge >= 0.3 is 0 Å². The van der Waals surface area contributed by atoms with Crippen LogP contribution in [-0.4, -0.2) is 23.6 Å². The number of anilines is 1. The van der Waals surface area contributed by atoms with Crippen LogP contribution >= 0.6 is 0 Å². The zero-order chi connectivity index (χ0) is 14.5. The first-order chi connectivity index (χ1) is 9.08. The highest BCUT2D eigenvalue weighted by Crippen LogP contribution is 2.32. The molecule has 0 spiro atoms. The average molecular weight is 265 g/mol. The predicted molar refractivity (Wildman–Crippen MR) is 79.6 cm³/mol. The van der Waals surface area contributed by atoms with E-state index in [1.54, 1.807) is 0 Å². The van der Waals surface area contributed by atoms with Crippen LogP contribution in [0, 0.1) is 6.92 Å². The van der Waals surface area contributed by atoms with E-state index in [-0.39, 0.29) is 5.60 Å². The van der Waals surface area contributed by atoms with Gasteiger partial charge in [0.2, 0.25) is 0 Å². The monoisotopic (exact) mass is 265 g/mol. The fourth-order valence-corrected chi connectivity index (χ4v) is 2.54. The molecule has 0 aliphatic rings. The number of nitrogens with zero attached hydrogens (tertiary/aromatic N) is 2. The van der Waals surface area contributed by atoms with Crippen molar-refractivity contribution in [2.24, 2.45) is 0 Å². The van der Waals surface area contributed by atoms with Crippen molar-refractivity contribution in [1.82, 2.24) is 9.97 Å². The fourth-order valence-electron chi connectivity index (χ4n) is 2.54. The molecule has 1 heterocycles. The van der Waals surface area contributed by atoms with Gasteiger partial charge in [0.1, 0.15) is 11.4 Å². The highest BCUT2D eigenvalue weighted by atomic mass is 16.5.